The van der Waals surface area contributed by atoms with E-state index in [0.717, 1.165) is 25.3 Å². The van der Waals surface area contributed by atoms with Crippen LogP contribution in [0.15, 0.2) is 101 Å². The molecular weight excluding hydrogens is 1340 g/mol. The number of carbonyl (C=O) groups excluding carboxylic acids is 4. The fraction of sp³-hybridized carbons (Fsp3) is 0.229. The zero-order valence-electron chi connectivity index (χ0n) is 47.1. The molecule has 0 fully saturated rings. The van der Waals surface area contributed by atoms with E-state index in [4.69, 9.17) is 58.3 Å². The van der Waals surface area contributed by atoms with E-state index in [-0.39, 0.29) is 57.9 Å². The molecule has 0 aliphatic rings. The van der Waals surface area contributed by atoms with Gasteiger partial charge in [0.2, 0.25) is 35.4 Å². The lowest BCUT2D eigenvalue weighted by Gasteiger charge is -2.14. The Labute approximate surface area is 520 Å². The number of alkyl halides is 4. The van der Waals surface area contributed by atoms with E-state index < -0.39 is 121 Å². The summed E-state index contributed by atoms with van der Waals surface area (Å²) in [4.78, 5) is 107. The summed E-state index contributed by atoms with van der Waals surface area (Å²) in [6.45, 7) is -5.63. The highest BCUT2D eigenvalue weighted by atomic mass is 35.5. The summed E-state index contributed by atoms with van der Waals surface area (Å²) >= 11 is 11.8. The molecule has 43 heteroatoms. The zero-order chi connectivity index (χ0) is 68.7. The van der Waals surface area contributed by atoms with Gasteiger partial charge in [0.25, 0.3) is 31.6 Å². The number of hydrogen-bond acceptors (Lipinski definition) is 25. The van der Waals surface area contributed by atoms with Crippen LogP contribution in [0.2, 0.25) is 10.0 Å². The van der Waals surface area contributed by atoms with E-state index >= 15 is 0 Å². The Morgan fingerprint density at radius 2 is 1.25 bits per heavy atom. The second-order valence-corrected chi connectivity index (χ2v) is 23.6. The van der Waals surface area contributed by atoms with Gasteiger partial charge in [0, 0.05) is 50.3 Å². The molecule has 91 heavy (non-hydrogen) atoms. The van der Waals surface area contributed by atoms with Crippen LogP contribution >= 0.6 is 30.6 Å². The molecule has 6 rings (SSSR count). The second kappa shape index (κ2) is 34.2. The van der Waals surface area contributed by atoms with Gasteiger partial charge in [0.1, 0.15) is 28.0 Å². The summed E-state index contributed by atoms with van der Waals surface area (Å²) in [5.74, 6) is -6.58. The van der Waals surface area contributed by atoms with E-state index in [2.05, 4.69) is 44.4 Å². The monoisotopic (exact) mass is 1390 g/mol. The summed E-state index contributed by atoms with van der Waals surface area (Å²) in [6, 6.07) is 13.4. The number of pyridine rings is 1. The number of rotatable bonds is 22. The molecule has 0 aliphatic carbocycles. The molecule has 34 nitrogen and oxygen atoms in total. The van der Waals surface area contributed by atoms with Gasteiger partial charge in [0.15, 0.2) is 12.4 Å². The average molecular weight is 1390 g/mol. The third kappa shape index (κ3) is 24.9. The maximum atomic E-state index is 12.5. The van der Waals surface area contributed by atoms with Crippen molar-refractivity contribution in [1.29, 1.82) is 0 Å². The number of aromatic nitrogens is 5. The number of benzene rings is 3. The normalized spacial score (nSPS) is 11.7. The molecule has 2 atom stereocenters. The van der Waals surface area contributed by atoms with Crippen LogP contribution in [0.3, 0.4) is 0 Å². The number of nitro benzene ring substituents is 1. The molecule has 9 N–H and O–H groups in total. The molecule has 0 radical (unpaired) electrons. The average Bonchev–Trinajstić information content (AvgIpc) is 1.12. The number of sulfonamides is 2. The van der Waals surface area contributed by atoms with Crippen LogP contribution in [0.5, 0.6) is 35.0 Å². The van der Waals surface area contributed by atoms with Crippen LogP contribution in [-0.4, -0.2) is 170 Å². The number of anilines is 2. The van der Waals surface area contributed by atoms with Gasteiger partial charge in [-0.15, -0.1) is 0 Å². The van der Waals surface area contributed by atoms with Crippen molar-refractivity contribution in [2.75, 3.05) is 58.9 Å². The number of urea groups is 2. The first-order valence-corrected chi connectivity index (χ1v) is 30.1. The molecule has 3 aromatic heterocycles. The van der Waals surface area contributed by atoms with Crippen LogP contribution in [0.25, 0.3) is 0 Å². The Bertz CT molecular complexity index is 3870. The number of halogens is 6. The first-order chi connectivity index (χ1) is 42.4. The predicted octanol–water partition coefficient (Wildman–Crippen LogP) is 6.16. The highest BCUT2D eigenvalue weighted by molar-refractivity contribution is 7.90. The third-order valence-electron chi connectivity index (χ3n) is 10.0. The molecule has 6 aromatic rings. The number of aliphatic carboxylic acids is 1. The van der Waals surface area contributed by atoms with Gasteiger partial charge in [-0.2, -0.15) is 45.9 Å². The third-order valence-corrected chi connectivity index (χ3v) is 14.3. The number of aromatic carboxylic acids is 1. The molecular formula is C48H49Cl2F4N12O22PS2. The van der Waals surface area contributed by atoms with Crippen molar-refractivity contribution in [3.63, 3.8) is 0 Å². The van der Waals surface area contributed by atoms with Crippen LogP contribution in [0.4, 0.5) is 44.7 Å². The minimum absolute atomic E-state index is 0.0412. The van der Waals surface area contributed by atoms with Crippen molar-refractivity contribution < 1.29 is 116 Å². The SMILES string of the molecule is COC(=O)c1cc(Oc2ccc(Cl)cc2Cl)ccc1[N+](=O)[O-].COc1cc(OC)nc(NC(=O)NS(=O)(=O)c2ncccc2C(=O)N(C)C)n1.CP(=O)(O)CCC(N)C(=O)O.O=C(Nc1nc(OC(F)F)cc(OC(F)F)n1)NS(=O)(=O)c1ccccc1C(=O)O. The van der Waals surface area contributed by atoms with Crippen molar-refractivity contribution in [1.82, 2.24) is 39.3 Å². The number of carboxylic acids is 2. The minimum Gasteiger partial charge on any atom is -0.481 e. The number of nitrogens with zero attached hydrogens (tertiary/aromatic N) is 7. The number of nitrogens with one attached hydrogen (secondary N) is 4. The van der Waals surface area contributed by atoms with Crippen molar-refractivity contribution >= 4 is 104 Å². The second-order valence-electron chi connectivity index (χ2n) is 17.0. The molecule has 0 bridgehead atoms. The quantitative estimate of drug-likeness (QED) is 0.0124. The molecule has 0 spiro atoms. The predicted molar refractivity (Wildman–Crippen MR) is 307 cm³/mol. The number of nitro groups is 1. The number of hydrogen-bond donors (Lipinski definition) is 8. The summed E-state index contributed by atoms with van der Waals surface area (Å²) in [5, 5.41) is 32.2. The largest absolute Gasteiger partial charge is 0.481 e. The van der Waals surface area contributed by atoms with Crippen LogP contribution in [-0.2, 0) is 34.1 Å². The number of methoxy groups -OCH3 is 3. The first kappa shape index (κ1) is 75.4. The standard InChI is InChI=1S/C15H18N6O6S.C14H9Cl2NO5.C14H10F4N4O7S.C5H12NO4P/c1-21(2)13(22)9-6-5-7-16-12(9)28(24,25)20-15(23)19-14-17-10(26-3)8-11(18-14)27-4;1-21-14(18)10-7-9(3-4-12(10)17(19)20)22-13-5-2-8(15)6-11(13)16;15-11(16)28-8-5-9(29-12(17)18)20-13(19-8)21-14(25)22-30(26,27)7-4-2-1-3-6(7)10(23)24;1-11(9,10)3-2-4(6)5(7)8/h5-8H,1-4H3,(H2,17,18,19,20,23);2-7H,1H3;1-5,11-12H,(H,23,24)(H2,19,20,21,22,25);4H,2-3,6H2,1H3,(H,7,8)(H,9,10). The Balaban J connectivity index is 0.000000332. The van der Waals surface area contributed by atoms with E-state index in [0.29, 0.717) is 16.8 Å². The molecule has 0 aliphatic heterocycles. The van der Waals surface area contributed by atoms with Crippen molar-refractivity contribution in [2.45, 2.75) is 35.6 Å². The number of amides is 5. The van der Waals surface area contributed by atoms with Gasteiger partial charge in [-0.3, -0.25) is 34.9 Å². The van der Waals surface area contributed by atoms with Crippen molar-refractivity contribution in [3.05, 3.63) is 128 Å². The minimum atomic E-state index is -4.71. The summed E-state index contributed by atoms with van der Waals surface area (Å²) < 4.78 is 140. The van der Waals surface area contributed by atoms with E-state index in [9.17, 15) is 77.8 Å². The number of nitrogens with two attached hydrogens (primary N) is 1. The highest BCUT2D eigenvalue weighted by Gasteiger charge is 2.29. The topological polar surface area (TPSA) is 489 Å². The van der Waals surface area contributed by atoms with Gasteiger partial charge in [-0.05, 0) is 55.0 Å². The molecule has 3 heterocycles. The van der Waals surface area contributed by atoms with Gasteiger partial charge in [0.05, 0.1) is 54.5 Å². The first-order valence-electron chi connectivity index (χ1n) is 24.1. The number of ether oxygens (including phenoxy) is 6. The van der Waals surface area contributed by atoms with Crippen molar-refractivity contribution in [3.8, 4) is 35.0 Å². The molecule has 3 aromatic carbocycles. The Morgan fingerprint density at radius 3 is 1.73 bits per heavy atom. The summed E-state index contributed by atoms with van der Waals surface area (Å²) in [5.41, 5.74) is 3.67. The van der Waals surface area contributed by atoms with Gasteiger partial charge >= 0.3 is 43.2 Å². The number of carbonyl (C=O) groups is 6. The molecule has 2 unspecified atom stereocenters. The van der Waals surface area contributed by atoms with Gasteiger partial charge in [-0.25, -0.2) is 42.0 Å². The van der Waals surface area contributed by atoms with E-state index in [1.54, 1.807) is 22.2 Å². The maximum absolute atomic E-state index is 12.5. The van der Waals surface area contributed by atoms with Crippen LogP contribution in [0.1, 0.15) is 37.5 Å². The molecule has 0 saturated carbocycles. The highest BCUT2D eigenvalue weighted by Crippen LogP contribution is 2.36. The molecule has 5 amide bonds. The smallest absolute Gasteiger partial charge is 0.388 e. The van der Waals surface area contributed by atoms with Crippen LogP contribution < -0.4 is 49.5 Å². The summed E-state index contributed by atoms with van der Waals surface area (Å²) in [7, 11) is -5.53. The summed E-state index contributed by atoms with van der Waals surface area (Å²) in [6.07, 6.45) is 1.19. The fourth-order valence-corrected chi connectivity index (χ4v) is 9.47. The molecule has 492 valence electrons. The maximum Gasteiger partial charge on any atom is 0.388 e. The lowest BCUT2D eigenvalue weighted by molar-refractivity contribution is -0.385. The Morgan fingerprint density at radius 1 is 0.736 bits per heavy atom. The zero-order valence-corrected chi connectivity index (χ0v) is 51.2. The van der Waals surface area contributed by atoms with Gasteiger partial charge < -0.3 is 54.2 Å². The van der Waals surface area contributed by atoms with Gasteiger partial charge in [-0.1, -0.05) is 35.3 Å². The Hall–Kier alpha value is -9.86. The Kier molecular flexibility index (Phi) is 28.3. The molecule has 0 saturated heterocycles. The lowest BCUT2D eigenvalue weighted by Crippen LogP contribution is -2.36. The van der Waals surface area contributed by atoms with E-state index in [1.165, 1.54) is 99.3 Å². The van der Waals surface area contributed by atoms with E-state index in [1.807, 2.05) is 0 Å². The van der Waals surface area contributed by atoms with Crippen molar-refractivity contribution in [2.24, 2.45) is 5.73 Å². The number of carboxylic acid groups (broad SMARTS) is 2. The number of esters is 1. The lowest BCUT2D eigenvalue weighted by atomic mass is 10.1. The fourth-order valence-electron chi connectivity index (χ4n) is 6.12. The van der Waals surface area contributed by atoms with Crippen LogP contribution in [0, 0.1) is 10.1 Å².